The summed E-state index contributed by atoms with van der Waals surface area (Å²) in [5.74, 6) is -0.268. The summed E-state index contributed by atoms with van der Waals surface area (Å²) in [6.07, 6.45) is 8.34. The van der Waals surface area contributed by atoms with E-state index in [9.17, 15) is 14.0 Å². The number of benzene rings is 1. The van der Waals surface area contributed by atoms with Crippen molar-refractivity contribution in [2.75, 3.05) is 13.7 Å². The van der Waals surface area contributed by atoms with Gasteiger partial charge in [0.25, 0.3) is 0 Å². The highest BCUT2D eigenvalue weighted by Crippen LogP contribution is 2.31. The monoisotopic (exact) mass is 451 g/mol. The second-order valence-electron chi connectivity index (χ2n) is 7.55. The molecule has 0 saturated carbocycles. The number of rotatable bonds is 3. The van der Waals surface area contributed by atoms with Crippen LogP contribution in [-0.2, 0) is 4.74 Å². The van der Waals surface area contributed by atoms with Crippen LogP contribution in [0.25, 0.3) is 0 Å². The van der Waals surface area contributed by atoms with Crippen molar-refractivity contribution in [1.29, 1.82) is 0 Å². The molecule has 2 amide bonds. The number of methoxy groups -OCH3 is 1. The van der Waals surface area contributed by atoms with Gasteiger partial charge in [-0.1, -0.05) is 37.5 Å². The molecule has 0 spiro atoms. The molecule has 2 N–H and O–H groups in total. The number of hydrogen-bond donors (Lipinski definition) is 1. The maximum atomic E-state index is 13.2. The molecule has 172 valence electrons. The molecule has 8 heteroatoms. The lowest BCUT2D eigenvalue weighted by atomic mass is 10.0. The molecule has 1 fully saturated rings. The van der Waals surface area contributed by atoms with Crippen molar-refractivity contribution in [3.63, 3.8) is 0 Å². The number of nitrogens with two attached hydrogens (primary N) is 1. The first kappa shape index (κ1) is 23.6. The molecule has 0 radical (unpaired) electrons. The Hall–Kier alpha value is -4.07. The van der Waals surface area contributed by atoms with Crippen molar-refractivity contribution in [2.24, 2.45) is 5.73 Å². The van der Waals surface area contributed by atoms with E-state index in [-0.39, 0.29) is 18.0 Å². The van der Waals surface area contributed by atoms with Crippen LogP contribution in [0.1, 0.15) is 13.3 Å². The summed E-state index contributed by atoms with van der Waals surface area (Å²) < 4.78 is 23.6. The van der Waals surface area contributed by atoms with E-state index >= 15 is 0 Å². The standard InChI is InChI=1S/C25H26FN3O4/c1-16(21-8-6-5-7-9-22(21)27)14-23-18(3)29(25(31)32-4)17(2)15-28(23)24(30)33-20-12-10-19(26)11-13-20/h5-8,10-14,17H,1,3,9,15,27H2,2,4H3/b23-14+. The predicted molar refractivity (Wildman–Crippen MR) is 123 cm³/mol. The second kappa shape index (κ2) is 10.0. The van der Waals surface area contributed by atoms with Crippen molar-refractivity contribution >= 4 is 12.2 Å². The van der Waals surface area contributed by atoms with E-state index in [1.807, 2.05) is 24.3 Å². The molecule has 1 aliphatic heterocycles. The first-order valence-electron chi connectivity index (χ1n) is 10.3. The van der Waals surface area contributed by atoms with E-state index in [1.165, 1.54) is 41.2 Å². The molecule has 0 aromatic heterocycles. The molecule has 3 rings (SSSR count). The maximum Gasteiger partial charge on any atom is 0.419 e. The predicted octanol–water partition coefficient (Wildman–Crippen LogP) is 4.78. The zero-order valence-corrected chi connectivity index (χ0v) is 18.6. The number of ether oxygens (including phenoxy) is 2. The van der Waals surface area contributed by atoms with E-state index in [0.717, 1.165) is 0 Å². The van der Waals surface area contributed by atoms with Crippen LogP contribution in [0.5, 0.6) is 5.75 Å². The minimum Gasteiger partial charge on any atom is -0.452 e. The van der Waals surface area contributed by atoms with Crippen LogP contribution in [0.4, 0.5) is 14.0 Å². The van der Waals surface area contributed by atoms with Gasteiger partial charge < -0.3 is 15.2 Å². The van der Waals surface area contributed by atoms with Gasteiger partial charge in [-0.15, -0.1) is 0 Å². The number of piperazine rings is 1. The third-order valence-electron chi connectivity index (χ3n) is 5.23. The number of allylic oxidation sites excluding steroid dienone is 7. The Balaban J connectivity index is 1.98. The van der Waals surface area contributed by atoms with Crippen LogP contribution in [-0.4, -0.2) is 41.7 Å². The summed E-state index contributed by atoms with van der Waals surface area (Å²) in [7, 11) is 1.27. The number of amides is 2. The first-order valence-corrected chi connectivity index (χ1v) is 10.3. The molecule has 1 aliphatic carbocycles. The lowest BCUT2D eigenvalue weighted by Gasteiger charge is -2.41. The summed E-state index contributed by atoms with van der Waals surface area (Å²) in [6, 6.07) is 4.65. The highest BCUT2D eigenvalue weighted by molar-refractivity contribution is 5.78. The van der Waals surface area contributed by atoms with Crippen LogP contribution in [0.3, 0.4) is 0 Å². The van der Waals surface area contributed by atoms with Gasteiger partial charge in [-0.2, -0.15) is 0 Å². The third-order valence-corrected chi connectivity index (χ3v) is 5.23. The van der Waals surface area contributed by atoms with Crippen molar-refractivity contribution < 1.29 is 23.5 Å². The maximum absolute atomic E-state index is 13.2. The zero-order chi connectivity index (χ0) is 24.1. The summed E-state index contributed by atoms with van der Waals surface area (Å²) in [4.78, 5) is 28.2. The van der Waals surface area contributed by atoms with E-state index in [4.69, 9.17) is 15.2 Å². The molecule has 33 heavy (non-hydrogen) atoms. The van der Waals surface area contributed by atoms with E-state index in [0.29, 0.717) is 29.0 Å². The lowest BCUT2D eigenvalue weighted by Crippen LogP contribution is -2.53. The highest BCUT2D eigenvalue weighted by Gasteiger charge is 2.38. The second-order valence-corrected chi connectivity index (χ2v) is 7.55. The molecule has 1 unspecified atom stereocenters. The number of carbonyl (C=O) groups is 2. The Bertz CT molecular complexity index is 1100. The van der Waals surface area contributed by atoms with Gasteiger partial charge in [0.2, 0.25) is 0 Å². The number of nitrogens with zero attached hydrogens (tertiary/aromatic N) is 2. The topological polar surface area (TPSA) is 85.1 Å². The van der Waals surface area contributed by atoms with Crippen LogP contribution >= 0.6 is 0 Å². The molecule has 1 atom stereocenters. The SMILES string of the molecule is C=C(/C=C1\C(=C)N(C(=O)OC)C(C)CN1C(=O)Oc1ccc(F)cc1)C1=C(N)CC=CC=C1. The van der Waals surface area contributed by atoms with Crippen molar-refractivity contribution in [3.8, 4) is 5.75 Å². The average Bonchev–Trinajstić information content (AvgIpc) is 3.01. The molecular formula is C25H26FN3O4. The van der Waals surface area contributed by atoms with E-state index in [2.05, 4.69) is 13.2 Å². The molecule has 1 saturated heterocycles. The van der Waals surface area contributed by atoms with Crippen LogP contribution in [0, 0.1) is 5.82 Å². The van der Waals surface area contributed by atoms with E-state index < -0.39 is 24.0 Å². The molecule has 1 aromatic rings. The zero-order valence-electron chi connectivity index (χ0n) is 18.6. The molecular weight excluding hydrogens is 425 g/mol. The van der Waals surface area contributed by atoms with Crippen LogP contribution in [0.15, 0.2) is 96.0 Å². The fourth-order valence-corrected chi connectivity index (χ4v) is 3.57. The van der Waals surface area contributed by atoms with Gasteiger partial charge in [-0.3, -0.25) is 9.80 Å². The fraction of sp³-hybridized carbons (Fsp3) is 0.200. The van der Waals surface area contributed by atoms with Crippen molar-refractivity contribution in [1.82, 2.24) is 9.80 Å². The number of hydrogen-bond acceptors (Lipinski definition) is 5. The molecule has 0 bridgehead atoms. The Morgan fingerprint density at radius 3 is 2.58 bits per heavy atom. The number of carbonyl (C=O) groups excluding carboxylic acids is 2. The summed E-state index contributed by atoms with van der Waals surface area (Å²) >= 11 is 0. The van der Waals surface area contributed by atoms with Gasteiger partial charge in [0, 0.05) is 17.7 Å². The minimum atomic E-state index is -0.710. The van der Waals surface area contributed by atoms with Crippen LogP contribution in [0.2, 0.25) is 0 Å². The van der Waals surface area contributed by atoms with Gasteiger partial charge >= 0.3 is 12.2 Å². The number of halogens is 1. The molecule has 7 nitrogen and oxygen atoms in total. The van der Waals surface area contributed by atoms with Gasteiger partial charge in [0.05, 0.1) is 31.1 Å². The quantitative estimate of drug-likeness (QED) is 0.715. The van der Waals surface area contributed by atoms with Gasteiger partial charge in [0.1, 0.15) is 11.6 Å². The lowest BCUT2D eigenvalue weighted by molar-refractivity contribution is 0.0976. The average molecular weight is 451 g/mol. The molecule has 2 aliphatic rings. The summed E-state index contributed by atoms with van der Waals surface area (Å²) in [6.45, 7) is 9.99. The first-order chi connectivity index (χ1) is 15.7. The fourth-order valence-electron chi connectivity index (χ4n) is 3.57. The van der Waals surface area contributed by atoms with Gasteiger partial charge in [-0.25, -0.2) is 14.0 Å². The van der Waals surface area contributed by atoms with Gasteiger partial charge in [0.15, 0.2) is 0 Å². The minimum absolute atomic E-state index is 0.110. The highest BCUT2D eigenvalue weighted by atomic mass is 19.1. The normalized spacial score (nSPS) is 19.5. The summed E-state index contributed by atoms with van der Waals surface area (Å²) in [5.41, 5.74) is 8.59. The van der Waals surface area contributed by atoms with Crippen LogP contribution < -0.4 is 10.5 Å². The van der Waals surface area contributed by atoms with E-state index in [1.54, 1.807) is 13.0 Å². The van der Waals surface area contributed by atoms with Crippen molar-refractivity contribution in [3.05, 3.63) is 102 Å². The Labute approximate surface area is 192 Å². The Morgan fingerprint density at radius 1 is 1.21 bits per heavy atom. The molecule has 1 heterocycles. The van der Waals surface area contributed by atoms with Gasteiger partial charge in [-0.05, 0) is 42.8 Å². The van der Waals surface area contributed by atoms with Crippen molar-refractivity contribution in [2.45, 2.75) is 19.4 Å². The smallest absolute Gasteiger partial charge is 0.419 e. The molecule has 1 aromatic carbocycles. The third kappa shape index (κ3) is 5.23. The summed E-state index contributed by atoms with van der Waals surface area (Å²) in [5, 5.41) is 0. The largest absolute Gasteiger partial charge is 0.452 e. The Kier molecular flexibility index (Phi) is 7.17. The Morgan fingerprint density at radius 2 is 1.91 bits per heavy atom.